The maximum Gasteiger partial charge on any atom is 0.267 e. The van der Waals surface area contributed by atoms with Gasteiger partial charge in [0, 0.05) is 44.1 Å². The summed E-state index contributed by atoms with van der Waals surface area (Å²) in [5.74, 6) is -5.98. The van der Waals surface area contributed by atoms with E-state index in [4.69, 9.17) is 0 Å². The number of nitrogens with one attached hydrogen (secondary N) is 1. The van der Waals surface area contributed by atoms with Crippen LogP contribution in [0.1, 0.15) is 25.6 Å². The summed E-state index contributed by atoms with van der Waals surface area (Å²) in [6.45, 7) is 1.94. The number of hydrogen-bond acceptors (Lipinski definition) is 7. The first-order chi connectivity index (χ1) is 19.0. The molecule has 7 nitrogen and oxygen atoms in total. The van der Waals surface area contributed by atoms with Gasteiger partial charge >= 0.3 is 0 Å². The molecule has 210 valence electrons. The molecule has 0 amide bonds. The third kappa shape index (κ3) is 5.50. The Kier molecular flexibility index (Phi) is 7.48. The van der Waals surface area contributed by atoms with Gasteiger partial charge in [0.2, 0.25) is 0 Å². The highest BCUT2D eigenvalue weighted by molar-refractivity contribution is 7.92. The Morgan fingerprint density at radius 2 is 1.68 bits per heavy atom. The fourth-order valence-electron chi connectivity index (χ4n) is 4.25. The van der Waals surface area contributed by atoms with Gasteiger partial charge in [0.1, 0.15) is 17.5 Å². The molecule has 0 bridgehead atoms. The number of hydrogen-bond donors (Lipinski definition) is 1. The summed E-state index contributed by atoms with van der Waals surface area (Å²) in [7, 11) is -4.85. The van der Waals surface area contributed by atoms with E-state index >= 15 is 4.39 Å². The zero-order chi connectivity index (χ0) is 28.7. The zero-order valence-corrected chi connectivity index (χ0v) is 22.6. The minimum absolute atomic E-state index is 0.0416. The summed E-state index contributed by atoms with van der Waals surface area (Å²) in [6.07, 6.45) is 1.34. The van der Waals surface area contributed by atoms with Crippen LogP contribution in [0, 0.1) is 17.5 Å². The maximum absolute atomic E-state index is 15.9. The van der Waals surface area contributed by atoms with Crippen molar-refractivity contribution in [1.82, 2.24) is 15.0 Å². The van der Waals surface area contributed by atoms with Gasteiger partial charge in [0.25, 0.3) is 15.9 Å². The number of aromatic nitrogens is 3. The molecule has 4 aromatic rings. The van der Waals surface area contributed by atoms with Gasteiger partial charge in [-0.05, 0) is 30.3 Å². The number of piperidine rings is 1. The molecular weight excluding hydrogens is 573 g/mol. The Morgan fingerprint density at radius 3 is 2.35 bits per heavy atom. The molecule has 2 aromatic heterocycles. The van der Waals surface area contributed by atoms with E-state index in [1.807, 2.05) is 11.6 Å². The highest BCUT2D eigenvalue weighted by Gasteiger charge is 2.35. The van der Waals surface area contributed by atoms with Crippen LogP contribution < -0.4 is 9.62 Å². The second kappa shape index (κ2) is 10.7. The standard InChI is InChI=1S/C26H22F5N5O2S2/c1-2-20-32-12-9-19(33-20)23-22(34-25(39-23)36-13-10-26(30,31)11-14-36)15-5-3-8-18(21(15)29)35-40(37,38)24-16(27)6-4-7-17(24)28/h3-9,12,35H,2,10-11,13-14H2,1H3. The number of anilines is 2. The van der Waals surface area contributed by atoms with E-state index in [0.29, 0.717) is 27.9 Å². The Balaban J connectivity index is 1.59. The largest absolute Gasteiger partial charge is 0.348 e. The van der Waals surface area contributed by atoms with Crippen LogP contribution in [0.4, 0.5) is 32.8 Å². The molecule has 3 heterocycles. The van der Waals surface area contributed by atoms with Gasteiger partial charge in [-0.25, -0.2) is 45.3 Å². The average Bonchev–Trinajstić information content (AvgIpc) is 3.35. The van der Waals surface area contributed by atoms with Crippen molar-refractivity contribution < 1.29 is 30.4 Å². The van der Waals surface area contributed by atoms with E-state index in [-0.39, 0.29) is 37.2 Å². The molecule has 0 unspecified atom stereocenters. The molecule has 1 saturated heterocycles. The van der Waals surface area contributed by atoms with Gasteiger partial charge in [-0.3, -0.25) is 4.72 Å². The molecule has 14 heteroatoms. The van der Waals surface area contributed by atoms with E-state index < -0.39 is 44.0 Å². The summed E-state index contributed by atoms with van der Waals surface area (Å²) >= 11 is 1.14. The Labute approximate surface area is 230 Å². The molecule has 0 saturated carbocycles. The first kappa shape index (κ1) is 27.9. The first-order valence-corrected chi connectivity index (χ1v) is 14.5. The lowest BCUT2D eigenvalue weighted by Crippen LogP contribution is -2.39. The number of halogens is 5. The minimum Gasteiger partial charge on any atom is -0.348 e. The number of alkyl halides is 2. The third-order valence-electron chi connectivity index (χ3n) is 6.32. The van der Waals surface area contributed by atoms with E-state index in [9.17, 15) is 26.0 Å². The zero-order valence-electron chi connectivity index (χ0n) is 21.0. The predicted molar refractivity (Wildman–Crippen MR) is 141 cm³/mol. The second-order valence-electron chi connectivity index (χ2n) is 9.05. The molecule has 0 aliphatic carbocycles. The van der Waals surface area contributed by atoms with E-state index in [2.05, 4.69) is 15.0 Å². The van der Waals surface area contributed by atoms with Gasteiger partial charge in [-0.1, -0.05) is 30.4 Å². The fraction of sp³-hybridized carbons (Fsp3) is 0.269. The summed E-state index contributed by atoms with van der Waals surface area (Å²) in [6, 6.07) is 7.99. The monoisotopic (exact) mass is 595 g/mol. The lowest BCUT2D eigenvalue weighted by atomic mass is 10.1. The van der Waals surface area contributed by atoms with Crippen LogP contribution in [0.2, 0.25) is 0 Å². The van der Waals surface area contributed by atoms with Crippen LogP contribution in [0.5, 0.6) is 0 Å². The highest BCUT2D eigenvalue weighted by Crippen LogP contribution is 2.43. The van der Waals surface area contributed by atoms with Crippen molar-refractivity contribution >= 4 is 32.2 Å². The van der Waals surface area contributed by atoms with Crippen LogP contribution in [0.15, 0.2) is 53.6 Å². The highest BCUT2D eigenvalue weighted by atomic mass is 32.2. The van der Waals surface area contributed by atoms with E-state index in [1.165, 1.54) is 18.3 Å². The molecular formula is C26H22F5N5O2S2. The summed E-state index contributed by atoms with van der Waals surface area (Å²) in [5.41, 5.74) is -0.152. The second-order valence-corrected chi connectivity index (χ2v) is 11.6. The summed E-state index contributed by atoms with van der Waals surface area (Å²) in [5, 5.41) is 0.371. The van der Waals surface area contributed by atoms with Crippen LogP contribution in [-0.4, -0.2) is 42.4 Å². The lowest BCUT2D eigenvalue weighted by molar-refractivity contribution is -0.0220. The molecule has 2 aromatic carbocycles. The first-order valence-electron chi connectivity index (χ1n) is 12.2. The number of benzene rings is 2. The molecule has 1 aliphatic heterocycles. The average molecular weight is 596 g/mol. The van der Waals surface area contributed by atoms with Gasteiger partial charge in [0.05, 0.1) is 22.0 Å². The molecule has 1 aliphatic rings. The van der Waals surface area contributed by atoms with Crippen molar-refractivity contribution in [1.29, 1.82) is 0 Å². The summed E-state index contributed by atoms with van der Waals surface area (Å²) < 4.78 is 99.4. The number of aryl methyl sites for hydroxylation is 1. The quantitative estimate of drug-likeness (QED) is 0.253. The van der Waals surface area contributed by atoms with Crippen molar-refractivity contribution in [2.45, 2.75) is 37.0 Å². The molecule has 1 N–H and O–H groups in total. The number of sulfonamides is 1. The van der Waals surface area contributed by atoms with Crippen LogP contribution in [0.25, 0.3) is 21.8 Å². The Morgan fingerprint density at radius 1 is 1.00 bits per heavy atom. The van der Waals surface area contributed by atoms with Gasteiger partial charge in [-0.15, -0.1) is 0 Å². The fourth-order valence-corrected chi connectivity index (χ4v) is 6.55. The van der Waals surface area contributed by atoms with Crippen molar-refractivity contribution in [3.05, 3.63) is 71.9 Å². The van der Waals surface area contributed by atoms with Crippen molar-refractivity contribution in [2.75, 3.05) is 22.7 Å². The smallest absolute Gasteiger partial charge is 0.267 e. The van der Waals surface area contributed by atoms with Crippen molar-refractivity contribution in [2.24, 2.45) is 0 Å². The number of nitrogens with zero attached hydrogens (tertiary/aromatic N) is 4. The maximum atomic E-state index is 15.9. The number of thiazole rings is 1. The molecule has 0 radical (unpaired) electrons. The van der Waals surface area contributed by atoms with Crippen LogP contribution >= 0.6 is 11.3 Å². The van der Waals surface area contributed by atoms with Crippen LogP contribution in [-0.2, 0) is 16.4 Å². The van der Waals surface area contributed by atoms with Gasteiger partial charge < -0.3 is 4.90 Å². The van der Waals surface area contributed by atoms with Crippen molar-refractivity contribution in [3.63, 3.8) is 0 Å². The Hall–Kier alpha value is -3.65. The number of rotatable bonds is 7. The van der Waals surface area contributed by atoms with Gasteiger partial charge in [0.15, 0.2) is 15.8 Å². The van der Waals surface area contributed by atoms with E-state index in [0.717, 1.165) is 35.6 Å². The van der Waals surface area contributed by atoms with E-state index in [1.54, 1.807) is 11.0 Å². The molecule has 5 rings (SSSR count). The third-order valence-corrected chi connectivity index (χ3v) is 8.88. The minimum atomic E-state index is -4.85. The van der Waals surface area contributed by atoms with Crippen molar-refractivity contribution in [3.8, 4) is 21.8 Å². The van der Waals surface area contributed by atoms with Gasteiger partial charge in [-0.2, -0.15) is 0 Å². The SMILES string of the molecule is CCc1nccc(-c2sc(N3CCC(F)(F)CC3)nc2-c2cccc(NS(=O)(=O)c3c(F)cccc3F)c2F)n1. The normalized spacial score (nSPS) is 15.3. The molecule has 40 heavy (non-hydrogen) atoms. The van der Waals surface area contributed by atoms with Crippen LogP contribution in [0.3, 0.4) is 0 Å². The molecule has 0 atom stereocenters. The molecule has 1 fully saturated rings. The summed E-state index contributed by atoms with van der Waals surface area (Å²) in [4.78, 5) is 14.1. The molecule has 0 spiro atoms. The topological polar surface area (TPSA) is 88.1 Å². The lowest BCUT2D eigenvalue weighted by Gasteiger charge is -2.31. The predicted octanol–water partition coefficient (Wildman–Crippen LogP) is 6.28. The Bertz CT molecular complexity index is 1650.